The largest absolute Gasteiger partial charge is 0.493 e. The number of benzene rings is 1. The smallest absolute Gasteiger partial charge is 0.161 e. The maximum Gasteiger partial charge on any atom is 0.161 e. The van der Waals surface area contributed by atoms with E-state index in [1.54, 1.807) is 14.2 Å². The molecule has 0 aromatic heterocycles. The Morgan fingerprint density at radius 1 is 1.11 bits per heavy atom. The number of carbonyl (C=O) groups is 1. The molecule has 0 heterocycles. The lowest BCUT2D eigenvalue weighted by molar-refractivity contribution is -0.118. The summed E-state index contributed by atoms with van der Waals surface area (Å²) in [5.41, 5.74) is 5.21. The Morgan fingerprint density at radius 2 is 1.93 bits per heavy atom. The highest BCUT2D eigenvalue weighted by Crippen LogP contribution is 2.39. The third-order valence-electron chi connectivity index (χ3n) is 5.39. The molecule has 2 aliphatic rings. The van der Waals surface area contributed by atoms with E-state index in [2.05, 4.69) is 37.3 Å². The topological polar surface area (TPSA) is 35.5 Å². The molecule has 3 heteroatoms. The first kappa shape index (κ1) is 19.2. The van der Waals surface area contributed by atoms with Crippen LogP contribution in [0.5, 0.6) is 11.5 Å². The number of allylic oxidation sites excluding steroid dienone is 8. The molecule has 0 spiro atoms. The van der Waals surface area contributed by atoms with Crippen molar-refractivity contribution in [2.24, 2.45) is 5.92 Å². The molecule has 1 atom stereocenters. The van der Waals surface area contributed by atoms with Gasteiger partial charge >= 0.3 is 0 Å². The molecule has 0 N–H and O–H groups in total. The predicted octanol–water partition coefficient (Wildman–Crippen LogP) is 5.37. The Balaban J connectivity index is 1.55. The van der Waals surface area contributed by atoms with E-state index in [-0.39, 0.29) is 5.78 Å². The molecule has 1 aromatic rings. The van der Waals surface area contributed by atoms with Gasteiger partial charge in [-0.2, -0.15) is 0 Å². The van der Waals surface area contributed by atoms with Gasteiger partial charge in [0.2, 0.25) is 0 Å². The molecular weight excluding hydrogens is 336 g/mol. The third-order valence-corrected chi connectivity index (χ3v) is 5.39. The van der Waals surface area contributed by atoms with Gasteiger partial charge in [-0.15, -0.1) is 0 Å². The number of ketones is 1. The van der Waals surface area contributed by atoms with Gasteiger partial charge in [0.15, 0.2) is 11.5 Å². The second-order valence-corrected chi connectivity index (χ2v) is 7.05. The molecule has 3 rings (SSSR count). The van der Waals surface area contributed by atoms with Gasteiger partial charge in [-0.25, -0.2) is 0 Å². The molecule has 1 aromatic carbocycles. The molecule has 0 saturated heterocycles. The fourth-order valence-corrected chi connectivity index (χ4v) is 3.95. The van der Waals surface area contributed by atoms with Crippen molar-refractivity contribution in [1.82, 2.24) is 0 Å². The highest BCUT2D eigenvalue weighted by Gasteiger charge is 2.24. The second-order valence-electron chi connectivity index (χ2n) is 7.05. The third kappa shape index (κ3) is 4.41. The first-order valence-electron chi connectivity index (χ1n) is 9.65. The molecule has 0 saturated carbocycles. The van der Waals surface area contributed by atoms with Crippen molar-refractivity contribution < 1.29 is 14.3 Å². The molecule has 0 amide bonds. The molecule has 142 valence electrons. The van der Waals surface area contributed by atoms with Crippen molar-refractivity contribution in [3.63, 3.8) is 0 Å². The summed E-state index contributed by atoms with van der Waals surface area (Å²) in [6.07, 6.45) is 15.0. The summed E-state index contributed by atoms with van der Waals surface area (Å²) in [4.78, 5) is 12.5. The molecule has 3 nitrogen and oxygen atoms in total. The SMILES string of the molecule is CCC1C(CCC(=O)Cc2ccc(OC)c(OC)c2)=CC=C1C1=CC=CC1. The summed E-state index contributed by atoms with van der Waals surface area (Å²) in [5.74, 6) is 2.07. The molecule has 0 fully saturated rings. The van der Waals surface area contributed by atoms with Gasteiger partial charge in [-0.05, 0) is 48.1 Å². The van der Waals surface area contributed by atoms with E-state index in [1.165, 1.54) is 16.7 Å². The quantitative estimate of drug-likeness (QED) is 0.590. The number of ether oxygens (including phenoxy) is 2. The lowest BCUT2D eigenvalue weighted by atomic mass is 9.85. The maximum absolute atomic E-state index is 12.5. The number of methoxy groups -OCH3 is 2. The monoisotopic (exact) mass is 364 g/mol. The zero-order chi connectivity index (χ0) is 19.2. The van der Waals surface area contributed by atoms with Crippen LogP contribution in [0, 0.1) is 5.92 Å². The van der Waals surface area contributed by atoms with E-state index >= 15 is 0 Å². The zero-order valence-corrected chi connectivity index (χ0v) is 16.5. The van der Waals surface area contributed by atoms with Crippen LogP contribution in [0.25, 0.3) is 0 Å². The van der Waals surface area contributed by atoms with E-state index in [1.807, 2.05) is 18.2 Å². The molecule has 0 aliphatic heterocycles. The van der Waals surface area contributed by atoms with E-state index in [4.69, 9.17) is 9.47 Å². The van der Waals surface area contributed by atoms with Crippen molar-refractivity contribution in [3.8, 4) is 11.5 Å². The highest BCUT2D eigenvalue weighted by atomic mass is 16.5. The van der Waals surface area contributed by atoms with Crippen LogP contribution in [0.1, 0.15) is 38.2 Å². The summed E-state index contributed by atoms with van der Waals surface area (Å²) < 4.78 is 10.6. The summed E-state index contributed by atoms with van der Waals surface area (Å²) in [6, 6.07) is 5.68. The minimum atomic E-state index is 0.258. The molecule has 1 unspecified atom stereocenters. The van der Waals surface area contributed by atoms with E-state index in [0.717, 1.165) is 24.8 Å². The van der Waals surface area contributed by atoms with Gasteiger partial charge in [0.1, 0.15) is 5.78 Å². The van der Waals surface area contributed by atoms with Crippen molar-refractivity contribution in [2.45, 2.75) is 39.0 Å². The lowest BCUT2D eigenvalue weighted by Gasteiger charge is -2.19. The van der Waals surface area contributed by atoms with Crippen LogP contribution in [0.15, 0.2) is 65.3 Å². The molecule has 27 heavy (non-hydrogen) atoms. The van der Waals surface area contributed by atoms with Gasteiger partial charge in [-0.1, -0.05) is 48.9 Å². The van der Waals surface area contributed by atoms with Crippen LogP contribution in [0.3, 0.4) is 0 Å². The van der Waals surface area contributed by atoms with Gasteiger partial charge in [-0.3, -0.25) is 4.79 Å². The Labute approximate surface area is 162 Å². The normalized spacial score (nSPS) is 18.2. The van der Waals surface area contributed by atoms with E-state index < -0.39 is 0 Å². The second kappa shape index (κ2) is 8.90. The summed E-state index contributed by atoms with van der Waals surface area (Å²) in [5, 5.41) is 0. The molecule has 0 bridgehead atoms. The van der Waals surface area contributed by atoms with Crippen LogP contribution < -0.4 is 9.47 Å². The number of hydrogen-bond acceptors (Lipinski definition) is 3. The Morgan fingerprint density at radius 3 is 2.59 bits per heavy atom. The minimum Gasteiger partial charge on any atom is -0.493 e. The van der Waals surface area contributed by atoms with Gasteiger partial charge in [0.05, 0.1) is 14.2 Å². The lowest BCUT2D eigenvalue weighted by Crippen LogP contribution is -2.08. The van der Waals surface area contributed by atoms with Crippen molar-refractivity contribution in [1.29, 1.82) is 0 Å². The van der Waals surface area contributed by atoms with E-state index in [0.29, 0.717) is 30.3 Å². The number of rotatable bonds is 9. The van der Waals surface area contributed by atoms with Crippen LogP contribution in [-0.4, -0.2) is 20.0 Å². The Kier molecular flexibility index (Phi) is 6.33. The Bertz CT molecular complexity index is 824. The average Bonchev–Trinajstić information content (AvgIpc) is 3.35. The summed E-state index contributed by atoms with van der Waals surface area (Å²) in [7, 11) is 3.23. The van der Waals surface area contributed by atoms with Crippen molar-refractivity contribution in [3.05, 3.63) is 70.9 Å². The van der Waals surface area contributed by atoms with Crippen LogP contribution in [-0.2, 0) is 11.2 Å². The molecule has 2 aliphatic carbocycles. The minimum absolute atomic E-state index is 0.258. The van der Waals surface area contributed by atoms with Crippen molar-refractivity contribution in [2.75, 3.05) is 14.2 Å². The fourth-order valence-electron chi connectivity index (χ4n) is 3.95. The average molecular weight is 364 g/mol. The highest BCUT2D eigenvalue weighted by molar-refractivity contribution is 5.81. The first-order valence-corrected chi connectivity index (χ1v) is 9.65. The van der Waals surface area contributed by atoms with E-state index in [9.17, 15) is 4.79 Å². The predicted molar refractivity (Wildman–Crippen MR) is 109 cm³/mol. The van der Waals surface area contributed by atoms with Crippen LogP contribution in [0.2, 0.25) is 0 Å². The number of Topliss-reactive ketones (excluding diaryl/α,β-unsaturated/α-hetero) is 1. The fraction of sp³-hybridized carbons (Fsp3) is 0.375. The van der Waals surface area contributed by atoms with Crippen LogP contribution in [0.4, 0.5) is 0 Å². The van der Waals surface area contributed by atoms with Crippen LogP contribution >= 0.6 is 0 Å². The molecular formula is C24H28O3. The first-order chi connectivity index (χ1) is 13.2. The van der Waals surface area contributed by atoms with Crippen molar-refractivity contribution >= 4 is 5.78 Å². The summed E-state index contributed by atoms with van der Waals surface area (Å²) in [6.45, 7) is 2.23. The van der Waals surface area contributed by atoms with Gasteiger partial charge in [0, 0.05) is 18.8 Å². The molecule has 0 radical (unpaired) electrons. The summed E-state index contributed by atoms with van der Waals surface area (Å²) >= 11 is 0. The Hall–Kier alpha value is -2.55. The zero-order valence-electron chi connectivity index (χ0n) is 16.5. The maximum atomic E-state index is 12.5. The number of carbonyl (C=O) groups excluding carboxylic acids is 1. The standard InChI is InChI=1S/C24H28O3/c1-4-21-19(11-13-22(21)18-7-5-6-8-18)10-12-20(25)15-17-9-14-23(26-2)24(16-17)27-3/h5-7,9,11,13-14,16,21H,4,8,10,12,15H2,1-3H3. The van der Waals surface area contributed by atoms with Gasteiger partial charge in [0.25, 0.3) is 0 Å². The van der Waals surface area contributed by atoms with Gasteiger partial charge < -0.3 is 9.47 Å². The number of hydrogen-bond donors (Lipinski definition) is 0.